The molecule has 3 N–H and O–H groups in total. The van der Waals surface area contributed by atoms with E-state index in [1.807, 2.05) is 12.2 Å². The molecule has 0 heterocycles. The van der Waals surface area contributed by atoms with E-state index in [2.05, 4.69) is 24.3 Å². The van der Waals surface area contributed by atoms with Crippen LogP contribution in [0.2, 0.25) is 0 Å². The van der Waals surface area contributed by atoms with Crippen LogP contribution in [0.3, 0.4) is 0 Å². The molecule has 0 radical (unpaired) electrons. The standard InChI is InChI=1S/C20H32O4/c21-18-13-11-9-7-5-3-1-2-4-6-8-10-12-15-19(22)16-14-17-20(23)24/h2-5,8,10,12,15,19,21-22H,1,6-7,9,11,13-14,16-18H2,(H,23,24)/t19-/m1/s1. The van der Waals surface area contributed by atoms with E-state index < -0.39 is 12.1 Å². The Bertz CT molecular complexity index is 408. The lowest BCUT2D eigenvalue weighted by Crippen LogP contribution is -2.03. The van der Waals surface area contributed by atoms with E-state index in [1.54, 1.807) is 12.2 Å². The highest BCUT2D eigenvalue weighted by molar-refractivity contribution is 5.66. The van der Waals surface area contributed by atoms with E-state index in [4.69, 9.17) is 10.2 Å². The van der Waals surface area contributed by atoms with Crippen LogP contribution in [0.1, 0.15) is 57.8 Å². The summed E-state index contributed by atoms with van der Waals surface area (Å²) in [4.78, 5) is 10.3. The Morgan fingerprint density at radius 3 is 2.29 bits per heavy atom. The van der Waals surface area contributed by atoms with Crippen LogP contribution in [0.25, 0.3) is 0 Å². The fraction of sp³-hybridized carbons (Fsp3) is 0.550. The summed E-state index contributed by atoms with van der Waals surface area (Å²) in [7, 11) is 0. The number of rotatable bonds is 15. The first-order valence-electron chi connectivity index (χ1n) is 8.81. The van der Waals surface area contributed by atoms with Gasteiger partial charge in [0, 0.05) is 13.0 Å². The van der Waals surface area contributed by atoms with Crippen LogP contribution in [0.4, 0.5) is 0 Å². The van der Waals surface area contributed by atoms with Crippen molar-refractivity contribution in [2.75, 3.05) is 6.61 Å². The van der Waals surface area contributed by atoms with Gasteiger partial charge in [-0.05, 0) is 44.9 Å². The third-order valence-corrected chi connectivity index (χ3v) is 3.38. The molecule has 0 fully saturated rings. The summed E-state index contributed by atoms with van der Waals surface area (Å²) in [6, 6.07) is 0. The summed E-state index contributed by atoms with van der Waals surface area (Å²) in [5.74, 6) is -0.825. The number of carboxylic acids is 1. The van der Waals surface area contributed by atoms with Gasteiger partial charge in [0.25, 0.3) is 0 Å². The smallest absolute Gasteiger partial charge is 0.303 e. The number of allylic oxidation sites excluding steroid dienone is 7. The lowest BCUT2D eigenvalue weighted by atomic mass is 10.1. The minimum absolute atomic E-state index is 0.0998. The highest BCUT2D eigenvalue weighted by Gasteiger charge is 2.01. The van der Waals surface area contributed by atoms with Crippen LogP contribution in [-0.2, 0) is 4.79 Å². The van der Waals surface area contributed by atoms with E-state index in [-0.39, 0.29) is 6.42 Å². The number of unbranched alkanes of at least 4 members (excludes halogenated alkanes) is 3. The predicted octanol–water partition coefficient (Wildman–Crippen LogP) is 4.16. The molecule has 136 valence electrons. The van der Waals surface area contributed by atoms with Crippen molar-refractivity contribution >= 4 is 5.97 Å². The summed E-state index contributed by atoms with van der Waals surface area (Å²) >= 11 is 0. The second kappa shape index (κ2) is 17.7. The maximum atomic E-state index is 10.3. The Morgan fingerprint density at radius 1 is 0.875 bits per heavy atom. The van der Waals surface area contributed by atoms with Crippen molar-refractivity contribution in [1.82, 2.24) is 0 Å². The zero-order chi connectivity index (χ0) is 17.9. The minimum atomic E-state index is -0.825. The molecule has 0 unspecified atom stereocenters. The molecule has 0 aliphatic rings. The molecule has 0 aromatic heterocycles. The molecular formula is C20H32O4. The lowest BCUT2D eigenvalue weighted by Gasteiger charge is -2.02. The van der Waals surface area contributed by atoms with Crippen molar-refractivity contribution in [2.45, 2.75) is 63.9 Å². The first kappa shape index (κ1) is 22.4. The number of carbonyl (C=O) groups is 1. The van der Waals surface area contributed by atoms with Crippen molar-refractivity contribution in [3.8, 4) is 0 Å². The Labute approximate surface area is 145 Å². The summed E-state index contributed by atoms with van der Waals surface area (Å²) in [5.41, 5.74) is 0. The molecule has 0 saturated carbocycles. The molecule has 24 heavy (non-hydrogen) atoms. The van der Waals surface area contributed by atoms with Crippen molar-refractivity contribution < 1.29 is 20.1 Å². The van der Waals surface area contributed by atoms with E-state index in [9.17, 15) is 9.90 Å². The molecule has 1 atom stereocenters. The average molecular weight is 336 g/mol. The van der Waals surface area contributed by atoms with Crippen molar-refractivity contribution in [3.05, 3.63) is 48.6 Å². The number of hydrogen-bond donors (Lipinski definition) is 3. The van der Waals surface area contributed by atoms with E-state index >= 15 is 0 Å². The van der Waals surface area contributed by atoms with Crippen LogP contribution in [0, 0.1) is 0 Å². The van der Waals surface area contributed by atoms with Gasteiger partial charge >= 0.3 is 5.97 Å². The van der Waals surface area contributed by atoms with Gasteiger partial charge in [-0.25, -0.2) is 0 Å². The van der Waals surface area contributed by atoms with Crippen LogP contribution in [-0.4, -0.2) is 34.0 Å². The van der Waals surface area contributed by atoms with Gasteiger partial charge in [0.05, 0.1) is 6.10 Å². The first-order chi connectivity index (χ1) is 11.7. The van der Waals surface area contributed by atoms with Crippen molar-refractivity contribution in [3.63, 3.8) is 0 Å². The zero-order valence-corrected chi connectivity index (χ0v) is 14.5. The monoisotopic (exact) mass is 336 g/mol. The topological polar surface area (TPSA) is 77.8 Å². The zero-order valence-electron chi connectivity index (χ0n) is 14.5. The van der Waals surface area contributed by atoms with Gasteiger partial charge in [0.2, 0.25) is 0 Å². The molecule has 0 amide bonds. The minimum Gasteiger partial charge on any atom is -0.481 e. The number of hydrogen-bond acceptors (Lipinski definition) is 3. The average Bonchev–Trinajstić information content (AvgIpc) is 2.55. The molecule has 0 spiro atoms. The van der Waals surface area contributed by atoms with Crippen LogP contribution < -0.4 is 0 Å². The fourth-order valence-electron chi connectivity index (χ4n) is 2.02. The summed E-state index contributed by atoms with van der Waals surface area (Å²) in [6.07, 6.45) is 22.4. The molecule has 0 bridgehead atoms. The molecule has 0 aromatic rings. The quantitative estimate of drug-likeness (QED) is 0.238. The number of aliphatic carboxylic acids is 1. The second-order valence-electron chi connectivity index (χ2n) is 5.65. The molecular weight excluding hydrogens is 304 g/mol. The Kier molecular flexibility index (Phi) is 16.5. The van der Waals surface area contributed by atoms with Crippen LogP contribution in [0.5, 0.6) is 0 Å². The number of aliphatic hydroxyl groups is 2. The van der Waals surface area contributed by atoms with E-state index in [1.165, 1.54) is 0 Å². The van der Waals surface area contributed by atoms with E-state index in [0.717, 1.165) is 38.5 Å². The normalized spacial score (nSPS) is 13.8. The van der Waals surface area contributed by atoms with Gasteiger partial charge in [-0.1, -0.05) is 55.0 Å². The molecule has 0 aromatic carbocycles. The maximum absolute atomic E-state index is 10.3. The van der Waals surface area contributed by atoms with Gasteiger partial charge in [-0.3, -0.25) is 4.79 Å². The van der Waals surface area contributed by atoms with Gasteiger partial charge < -0.3 is 15.3 Å². The Balaban J connectivity index is 3.57. The first-order valence-corrected chi connectivity index (χ1v) is 8.81. The highest BCUT2D eigenvalue weighted by atomic mass is 16.4. The SMILES string of the molecule is O=C(O)CCC[C@H](O)C=CC=CCC=CCC=CCCCCCO. The maximum Gasteiger partial charge on any atom is 0.303 e. The summed E-state index contributed by atoms with van der Waals surface area (Å²) in [6.45, 7) is 0.291. The molecule has 0 rings (SSSR count). The third-order valence-electron chi connectivity index (χ3n) is 3.38. The third kappa shape index (κ3) is 18.4. The highest BCUT2D eigenvalue weighted by Crippen LogP contribution is 2.03. The van der Waals surface area contributed by atoms with Crippen LogP contribution in [0.15, 0.2) is 48.6 Å². The Morgan fingerprint density at radius 2 is 1.58 bits per heavy atom. The lowest BCUT2D eigenvalue weighted by molar-refractivity contribution is -0.137. The van der Waals surface area contributed by atoms with Gasteiger partial charge in [0.15, 0.2) is 0 Å². The predicted molar refractivity (Wildman–Crippen MR) is 98.8 cm³/mol. The fourth-order valence-corrected chi connectivity index (χ4v) is 2.02. The molecule has 0 aliphatic carbocycles. The van der Waals surface area contributed by atoms with Gasteiger partial charge in [0.1, 0.15) is 0 Å². The molecule has 4 heteroatoms. The summed E-state index contributed by atoms with van der Waals surface area (Å²) < 4.78 is 0. The molecule has 0 aliphatic heterocycles. The second-order valence-corrected chi connectivity index (χ2v) is 5.65. The van der Waals surface area contributed by atoms with Crippen LogP contribution >= 0.6 is 0 Å². The number of aliphatic hydroxyl groups excluding tert-OH is 2. The largest absolute Gasteiger partial charge is 0.481 e. The number of carboxylic acid groups (broad SMARTS) is 1. The van der Waals surface area contributed by atoms with Crippen molar-refractivity contribution in [2.24, 2.45) is 0 Å². The summed E-state index contributed by atoms with van der Waals surface area (Å²) in [5, 5.41) is 26.8. The van der Waals surface area contributed by atoms with Gasteiger partial charge in [-0.15, -0.1) is 0 Å². The van der Waals surface area contributed by atoms with Crippen molar-refractivity contribution in [1.29, 1.82) is 0 Å². The molecule has 4 nitrogen and oxygen atoms in total. The molecule has 0 saturated heterocycles. The Hall–Kier alpha value is -1.65. The van der Waals surface area contributed by atoms with Gasteiger partial charge in [-0.2, -0.15) is 0 Å². The van der Waals surface area contributed by atoms with E-state index in [0.29, 0.717) is 19.4 Å².